The minimum Gasteiger partial charge on any atom is -0.493 e. The van der Waals surface area contributed by atoms with Gasteiger partial charge in [0.2, 0.25) is 0 Å². The summed E-state index contributed by atoms with van der Waals surface area (Å²) in [4.78, 5) is 32.8. The quantitative estimate of drug-likeness (QED) is 0.111. The molecule has 1 aromatic heterocycles. The molecule has 1 atom stereocenters. The molecule has 0 bridgehead atoms. The molecular formula is C38H39BrN2O7S. The fourth-order valence-electron chi connectivity index (χ4n) is 5.59. The molecular weight excluding hydrogens is 708 g/mol. The van der Waals surface area contributed by atoms with Gasteiger partial charge in [-0.1, -0.05) is 51.5 Å². The van der Waals surface area contributed by atoms with Gasteiger partial charge in [0.15, 0.2) is 27.8 Å². The van der Waals surface area contributed by atoms with Crippen molar-refractivity contribution in [2.45, 2.75) is 52.9 Å². The standard InChI is InChI=1S/C38H39BrN2O7S/c1-8-10-27-17-25(18-31(45-7)35(27)47-21-24-11-14-28(39)15-12-24)19-32-36(42)41-34(26-13-16-29(48-22(3)4)30(20-26)44-6)33(37(43)46-9-2)23(5)40-38(41)49-32/h8,11-20,22,34H,1,9-10,21H2,2-7H3/b32-19-/t34-/m1/s1. The lowest BCUT2D eigenvalue weighted by Crippen LogP contribution is -2.40. The second-order valence-electron chi connectivity index (χ2n) is 11.5. The van der Waals surface area contributed by atoms with E-state index in [1.807, 2.05) is 56.3 Å². The number of carbonyl (C=O) groups is 1. The first kappa shape index (κ1) is 35.7. The zero-order chi connectivity index (χ0) is 35.2. The van der Waals surface area contributed by atoms with Crippen molar-refractivity contribution in [1.82, 2.24) is 4.57 Å². The smallest absolute Gasteiger partial charge is 0.338 e. The molecule has 1 aliphatic heterocycles. The highest BCUT2D eigenvalue weighted by atomic mass is 79.9. The third-order valence-electron chi connectivity index (χ3n) is 7.72. The number of halogens is 1. The summed E-state index contributed by atoms with van der Waals surface area (Å²) >= 11 is 4.71. The number of carbonyl (C=O) groups excluding carboxylic acids is 1. The molecule has 0 fully saturated rings. The normalized spacial score (nSPS) is 14.3. The first-order valence-electron chi connectivity index (χ1n) is 15.8. The number of allylic oxidation sites excluding steroid dienone is 2. The molecule has 256 valence electrons. The molecule has 0 unspecified atom stereocenters. The van der Waals surface area contributed by atoms with Gasteiger partial charge < -0.3 is 23.7 Å². The number of esters is 1. The zero-order valence-corrected chi connectivity index (χ0v) is 30.8. The first-order valence-corrected chi connectivity index (χ1v) is 17.4. The molecule has 0 spiro atoms. The molecule has 2 heterocycles. The van der Waals surface area contributed by atoms with E-state index in [1.54, 1.807) is 56.9 Å². The topological polar surface area (TPSA) is 97.6 Å². The Balaban J connectivity index is 1.62. The van der Waals surface area contributed by atoms with Crippen molar-refractivity contribution in [2.75, 3.05) is 20.8 Å². The number of nitrogens with zero attached hydrogens (tertiary/aromatic N) is 2. The number of methoxy groups -OCH3 is 2. The maximum absolute atomic E-state index is 14.3. The van der Waals surface area contributed by atoms with Gasteiger partial charge in [-0.3, -0.25) is 9.36 Å². The highest BCUT2D eigenvalue weighted by molar-refractivity contribution is 9.10. The molecule has 0 amide bonds. The summed E-state index contributed by atoms with van der Waals surface area (Å²) in [5.74, 6) is 1.64. The Kier molecular flexibility index (Phi) is 11.5. The summed E-state index contributed by atoms with van der Waals surface area (Å²) in [5, 5.41) is 0. The lowest BCUT2D eigenvalue weighted by Gasteiger charge is -2.25. The molecule has 0 saturated heterocycles. The van der Waals surface area contributed by atoms with Crippen LogP contribution in [0.25, 0.3) is 6.08 Å². The maximum atomic E-state index is 14.3. The Morgan fingerprint density at radius 2 is 1.80 bits per heavy atom. The van der Waals surface area contributed by atoms with E-state index in [9.17, 15) is 9.59 Å². The van der Waals surface area contributed by atoms with Crippen LogP contribution >= 0.6 is 27.3 Å². The number of hydrogen-bond donors (Lipinski definition) is 0. The van der Waals surface area contributed by atoms with Crippen LogP contribution in [0, 0.1) is 0 Å². The number of aromatic nitrogens is 1. The number of benzene rings is 3. The van der Waals surface area contributed by atoms with Crippen LogP contribution in [0.1, 0.15) is 56.0 Å². The van der Waals surface area contributed by atoms with Crippen LogP contribution in [0.2, 0.25) is 0 Å². The van der Waals surface area contributed by atoms with Crippen molar-refractivity contribution in [1.29, 1.82) is 0 Å². The predicted molar refractivity (Wildman–Crippen MR) is 195 cm³/mol. The van der Waals surface area contributed by atoms with Crippen LogP contribution < -0.4 is 33.8 Å². The Morgan fingerprint density at radius 3 is 2.45 bits per heavy atom. The lowest BCUT2D eigenvalue weighted by atomic mass is 9.95. The third-order valence-corrected chi connectivity index (χ3v) is 9.23. The van der Waals surface area contributed by atoms with Crippen molar-refractivity contribution >= 4 is 39.3 Å². The molecule has 11 heteroatoms. The van der Waals surface area contributed by atoms with Gasteiger partial charge in [0, 0.05) is 10.0 Å². The second kappa shape index (κ2) is 15.7. The molecule has 0 N–H and O–H groups in total. The van der Waals surface area contributed by atoms with Crippen molar-refractivity contribution in [3.8, 4) is 23.0 Å². The third kappa shape index (κ3) is 7.84. The van der Waals surface area contributed by atoms with Crippen molar-refractivity contribution in [3.05, 3.63) is 125 Å². The highest BCUT2D eigenvalue weighted by Crippen LogP contribution is 2.37. The van der Waals surface area contributed by atoms with Crippen molar-refractivity contribution in [2.24, 2.45) is 4.99 Å². The molecule has 4 aromatic rings. The monoisotopic (exact) mass is 746 g/mol. The Morgan fingerprint density at radius 1 is 1.06 bits per heavy atom. The van der Waals surface area contributed by atoms with Crippen LogP contribution in [0.4, 0.5) is 0 Å². The Labute approximate surface area is 297 Å². The van der Waals surface area contributed by atoms with Crippen LogP contribution in [-0.2, 0) is 22.6 Å². The average molecular weight is 748 g/mol. The average Bonchev–Trinajstić information content (AvgIpc) is 3.37. The molecule has 0 aliphatic carbocycles. The van der Waals surface area contributed by atoms with Gasteiger partial charge in [0.25, 0.3) is 5.56 Å². The van der Waals surface area contributed by atoms with Gasteiger partial charge >= 0.3 is 5.97 Å². The van der Waals surface area contributed by atoms with E-state index in [4.69, 9.17) is 28.7 Å². The SMILES string of the molecule is C=CCc1cc(/C=c2\sc3n(c2=O)[C@H](c2ccc(OC(C)C)c(OC)c2)C(C(=O)OCC)=C(C)N=3)cc(OC)c1OCc1ccc(Br)cc1. The zero-order valence-electron chi connectivity index (χ0n) is 28.4. The van der Waals surface area contributed by atoms with Gasteiger partial charge in [0.1, 0.15) is 6.61 Å². The van der Waals surface area contributed by atoms with Crippen LogP contribution in [0.15, 0.2) is 92.8 Å². The van der Waals surface area contributed by atoms with E-state index < -0.39 is 12.0 Å². The molecule has 3 aromatic carbocycles. The van der Waals surface area contributed by atoms with Crippen LogP contribution in [0.3, 0.4) is 0 Å². The van der Waals surface area contributed by atoms with Gasteiger partial charge in [-0.2, -0.15) is 0 Å². The summed E-state index contributed by atoms with van der Waals surface area (Å²) in [6.07, 6.45) is 4.05. The lowest BCUT2D eigenvalue weighted by molar-refractivity contribution is -0.139. The van der Waals surface area contributed by atoms with Crippen LogP contribution in [0.5, 0.6) is 23.0 Å². The largest absolute Gasteiger partial charge is 0.493 e. The van der Waals surface area contributed by atoms with E-state index in [-0.39, 0.29) is 23.8 Å². The van der Waals surface area contributed by atoms with Gasteiger partial charge in [-0.15, -0.1) is 6.58 Å². The highest BCUT2D eigenvalue weighted by Gasteiger charge is 2.34. The van der Waals surface area contributed by atoms with E-state index in [0.717, 1.165) is 21.2 Å². The molecule has 49 heavy (non-hydrogen) atoms. The Bertz CT molecular complexity index is 2080. The molecule has 0 saturated carbocycles. The second-order valence-corrected chi connectivity index (χ2v) is 13.4. The number of ether oxygens (including phenoxy) is 5. The minimum absolute atomic E-state index is 0.0765. The van der Waals surface area contributed by atoms with E-state index in [1.165, 1.54) is 11.3 Å². The summed E-state index contributed by atoms with van der Waals surface area (Å²) < 4.78 is 32.0. The number of thiazole rings is 1. The molecule has 9 nitrogen and oxygen atoms in total. The molecule has 5 rings (SSSR count). The van der Waals surface area contributed by atoms with Crippen molar-refractivity contribution < 1.29 is 28.5 Å². The number of fused-ring (bicyclic) bond motifs is 1. The Hall–Kier alpha value is -4.61. The fraction of sp³-hybridized carbons (Fsp3) is 0.289. The summed E-state index contributed by atoms with van der Waals surface area (Å²) in [6, 6.07) is 16.3. The summed E-state index contributed by atoms with van der Waals surface area (Å²) in [5.41, 5.74) is 3.71. The summed E-state index contributed by atoms with van der Waals surface area (Å²) in [6.45, 7) is 11.8. The van der Waals surface area contributed by atoms with Gasteiger partial charge in [0.05, 0.1) is 48.8 Å². The maximum Gasteiger partial charge on any atom is 0.338 e. The number of hydrogen-bond acceptors (Lipinski definition) is 9. The first-order chi connectivity index (χ1) is 23.6. The number of rotatable bonds is 13. The van der Waals surface area contributed by atoms with Crippen molar-refractivity contribution in [3.63, 3.8) is 0 Å². The van der Waals surface area contributed by atoms with Gasteiger partial charge in [-0.05, 0) is 93.3 Å². The molecule has 1 aliphatic rings. The molecule has 0 radical (unpaired) electrons. The van der Waals surface area contributed by atoms with E-state index in [2.05, 4.69) is 22.5 Å². The van der Waals surface area contributed by atoms with E-state index >= 15 is 0 Å². The van der Waals surface area contributed by atoms with Gasteiger partial charge in [-0.25, -0.2) is 9.79 Å². The summed E-state index contributed by atoms with van der Waals surface area (Å²) in [7, 11) is 3.14. The fourth-order valence-corrected chi connectivity index (χ4v) is 6.90. The van der Waals surface area contributed by atoms with Crippen LogP contribution in [-0.4, -0.2) is 37.5 Å². The van der Waals surface area contributed by atoms with E-state index in [0.29, 0.717) is 56.6 Å². The minimum atomic E-state index is -0.806. The predicted octanol–water partition coefficient (Wildman–Crippen LogP) is 6.67.